The Kier molecular flexibility index (Phi) is 5.45. The standard InChI is InChI=1S/C14H24N2O/c1-11(2)12-6-7-14(17-5)13(8-12)9-16(4)10-15-3/h6-8,11,15H,9-10H2,1-5H3. The Morgan fingerprint density at radius 3 is 2.59 bits per heavy atom. The van der Waals surface area contributed by atoms with Crippen LogP contribution >= 0.6 is 0 Å². The Morgan fingerprint density at radius 1 is 1.35 bits per heavy atom. The van der Waals surface area contributed by atoms with Crippen LogP contribution in [0.25, 0.3) is 0 Å². The summed E-state index contributed by atoms with van der Waals surface area (Å²) >= 11 is 0. The van der Waals surface area contributed by atoms with Gasteiger partial charge in [0.2, 0.25) is 0 Å². The van der Waals surface area contributed by atoms with Crippen LogP contribution in [0.15, 0.2) is 18.2 Å². The molecule has 0 aliphatic carbocycles. The molecule has 1 N–H and O–H groups in total. The highest BCUT2D eigenvalue weighted by atomic mass is 16.5. The SMILES string of the molecule is CNCN(C)Cc1cc(C(C)C)ccc1OC. The van der Waals surface area contributed by atoms with Crippen LogP contribution in [0, 0.1) is 0 Å². The van der Waals surface area contributed by atoms with E-state index in [0.29, 0.717) is 5.92 Å². The third-order valence-electron chi connectivity index (χ3n) is 2.84. The van der Waals surface area contributed by atoms with Crippen molar-refractivity contribution in [3.05, 3.63) is 29.3 Å². The Hall–Kier alpha value is -1.06. The number of rotatable bonds is 6. The molecule has 0 fully saturated rings. The summed E-state index contributed by atoms with van der Waals surface area (Å²) in [6.45, 7) is 6.19. The molecule has 0 atom stereocenters. The van der Waals surface area contributed by atoms with Gasteiger partial charge in [-0.1, -0.05) is 26.0 Å². The first-order chi connectivity index (χ1) is 8.08. The summed E-state index contributed by atoms with van der Waals surface area (Å²) in [6.07, 6.45) is 0. The summed E-state index contributed by atoms with van der Waals surface area (Å²) in [4.78, 5) is 2.22. The van der Waals surface area contributed by atoms with E-state index in [9.17, 15) is 0 Å². The monoisotopic (exact) mass is 236 g/mol. The molecule has 0 bridgehead atoms. The predicted octanol–water partition coefficient (Wildman–Crippen LogP) is 2.43. The molecule has 1 rings (SSSR count). The van der Waals surface area contributed by atoms with E-state index in [1.807, 2.05) is 7.05 Å². The van der Waals surface area contributed by atoms with Gasteiger partial charge in [-0.15, -0.1) is 0 Å². The maximum Gasteiger partial charge on any atom is 0.123 e. The molecule has 0 aliphatic rings. The summed E-state index contributed by atoms with van der Waals surface area (Å²) in [5, 5.41) is 3.15. The number of nitrogens with one attached hydrogen (secondary N) is 1. The smallest absolute Gasteiger partial charge is 0.123 e. The number of benzene rings is 1. The van der Waals surface area contributed by atoms with Gasteiger partial charge < -0.3 is 10.1 Å². The second-order valence-corrected chi connectivity index (χ2v) is 4.75. The van der Waals surface area contributed by atoms with Crippen molar-refractivity contribution < 1.29 is 4.74 Å². The average Bonchev–Trinajstić information content (AvgIpc) is 2.29. The molecule has 3 nitrogen and oxygen atoms in total. The molecule has 1 aromatic rings. The minimum Gasteiger partial charge on any atom is -0.496 e. The van der Waals surface area contributed by atoms with Crippen LogP contribution in [0.5, 0.6) is 5.75 Å². The zero-order valence-electron chi connectivity index (χ0n) is 11.6. The molecular weight excluding hydrogens is 212 g/mol. The third-order valence-corrected chi connectivity index (χ3v) is 2.84. The Bertz CT molecular complexity index is 350. The molecule has 0 radical (unpaired) electrons. The quantitative estimate of drug-likeness (QED) is 0.768. The van der Waals surface area contributed by atoms with Gasteiger partial charge in [-0.2, -0.15) is 0 Å². The fourth-order valence-corrected chi connectivity index (χ4v) is 1.90. The van der Waals surface area contributed by atoms with Crippen LogP contribution < -0.4 is 10.1 Å². The summed E-state index contributed by atoms with van der Waals surface area (Å²) < 4.78 is 5.41. The van der Waals surface area contributed by atoms with Crippen molar-refractivity contribution in [3.63, 3.8) is 0 Å². The van der Waals surface area contributed by atoms with Gasteiger partial charge in [0, 0.05) is 18.8 Å². The molecule has 0 saturated carbocycles. The van der Waals surface area contributed by atoms with Crippen LogP contribution in [-0.4, -0.2) is 32.8 Å². The Morgan fingerprint density at radius 2 is 2.06 bits per heavy atom. The van der Waals surface area contributed by atoms with E-state index in [1.54, 1.807) is 7.11 Å². The largest absolute Gasteiger partial charge is 0.496 e. The van der Waals surface area contributed by atoms with Gasteiger partial charge in [-0.3, -0.25) is 4.90 Å². The predicted molar refractivity (Wildman–Crippen MR) is 72.5 cm³/mol. The second-order valence-electron chi connectivity index (χ2n) is 4.75. The molecule has 0 aromatic heterocycles. The third kappa shape index (κ3) is 4.02. The summed E-state index contributed by atoms with van der Waals surface area (Å²) in [6, 6.07) is 6.46. The van der Waals surface area contributed by atoms with Crippen molar-refractivity contribution in [3.8, 4) is 5.75 Å². The lowest BCUT2D eigenvalue weighted by Crippen LogP contribution is -2.28. The molecule has 17 heavy (non-hydrogen) atoms. The molecule has 0 aliphatic heterocycles. The van der Waals surface area contributed by atoms with Crippen molar-refractivity contribution in [1.29, 1.82) is 0 Å². The lowest BCUT2D eigenvalue weighted by Gasteiger charge is -2.19. The van der Waals surface area contributed by atoms with E-state index < -0.39 is 0 Å². The summed E-state index contributed by atoms with van der Waals surface area (Å²) in [5.74, 6) is 1.52. The van der Waals surface area contributed by atoms with E-state index in [0.717, 1.165) is 19.0 Å². The first kappa shape index (κ1) is 14.0. The average molecular weight is 236 g/mol. The normalized spacial score (nSPS) is 11.2. The zero-order valence-corrected chi connectivity index (χ0v) is 11.6. The van der Waals surface area contributed by atoms with Crippen LogP contribution in [-0.2, 0) is 6.54 Å². The van der Waals surface area contributed by atoms with E-state index in [2.05, 4.69) is 49.3 Å². The van der Waals surface area contributed by atoms with E-state index in [-0.39, 0.29) is 0 Å². The number of ether oxygens (including phenoxy) is 1. The maximum absolute atomic E-state index is 5.41. The highest BCUT2D eigenvalue weighted by Gasteiger charge is 2.08. The molecule has 3 heteroatoms. The van der Waals surface area contributed by atoms with Crippen LogP contribution in [0.1, 0.15) is 30.9 Å². The van der Waals surface area contributed by atoms with Crippen LogP contribution in [0.3, 0.4) is 0 Å². The minimum atomic E-state index is 0.550. The number of hydrogen-bond donors (Lipinski definition) is 1. The summed E-state index contributed by atoms with van der Waals surface area (Å²) in [5.41, 5.74) is 2.61. The van der Waals surface area contributed by atoms with Gasteiger partial charge in [0.25, 0.3) is 0 Å². The van der Waals surface area contributed by atoms with Gasteiger partial charge in [-0.05, 0) is 31.6 Å². The van der Waals surface area contributed by atoms with E-state index >= 15 is 0 Å². The fourth-order valence-electron chi connectivity index (χ4n) is 1.90. The highest BCUT2D eigenvalue weighted by Crippen LogP contribution is 2.24. The van der Waals surface area contributed by atoms with Crippen LogP contribution in [0.4, 0.5) is 0 Å². The van der Waals surface area contributed by atoms with Gasteiger partial charge in [-0.25, -0.2) is 0 Å². The van der Waals surface area contributed by atoms with Gasteiger partial charge >= 0.3 is 0 Å². The fraction of sp³-hybridized carbons (Fsp3) is 0.571. The molecular formula is C14H24N2O. The Balaban J connectivity index is 2.89. The molecule has 0 saturated heterocycles. The zero-order chi connectivity index (χ0) is 12.8. The number of nitrogens with zero attached hydrogens (tertiary/aromatic N) is 1. The van der Waals surface area contributed by atoms with Gasteiger partial charge in [0.1, 0.15) is 5.75 Å². The van der Waals surface area contributed by atoms with Gasteiger partial charge in [0.05, 0.1) is 7.11 Å². The molecule has 1 aromatic carbocycles. The van der Waals surface area contributed by atoms with Crippen molar-refractivity contribution in [1.82, 2.24) is 10.2 Å². The molecule has 0 heterocycles. The maximum atomic E-state index is 5.41. The lowest BCUT2D eigenvalue weighted by atomic mass is 10.00. The van der Waals surface area contributed by atoms with Crippen molar-refractivity contribution in [2.45, 2.75) is 26.3 Å². The minimum absolute atomic E-state index is 0.550. The number of hydrogen-bond acceptors (Lipinski definition) is 3. The van der Waals surface area contributed by atoms with Gasteiger partial charge in [0.15, 0.2) is 0 Å². The molecule has 96 valence electrons. The Labute approximate surface area is 105 Å². The molecule has 0 unspecified atom stereocenters. The van der Waals surface area contributed by atoms with Crippen molar-refractivity contribution in [2.75, 3.05) is 27.9 Å². The highest BCUT2D eigenvalue weighted by molar-refractivity contribution is 5.38. The topological polar surface area (TPSA) is 24.5 Å². The van der Waals surface area contributed by atoms with Crippen molar-refractivity contribution >= 4 is 0 Å². The first-order valence-electron chi connectivity index (χ1n) is 6.08. The van der Waals surface area contributed by atoms with E-state index in [1.165, 1.54) is 11.1 Å². The van der Waals surface area contributed by atoms with Crippen LogP contribution in [0.2, 0.25) is 0 Å². The molecule has 0 amide bonds. The number of methoxy groups -OCH3 is 1. The van der Waals surface area contributed by atoms with Crippen molar-refractivity contribution in [2.24, 2.45) is 0 Å². The molecule has 0 spiro atoms. The first-order valence-corrected chi connectivity index (χ1v) is 6.08. The van der Waals surface area contributed by atoms with E-state index in [4.69, 9.17) is 4.74 Å². The second kappa shape index (κ2) is 6.62. The summed E-state index contributed by atoms with van der Waals surface area (Å²) in [7, 11) is 5.78. The lowest BCUT2D eigenvalue weighted by molar-refractivity contribution is 0.302.